The third-order valence-corrected chi connectivity index (χ3v) is 2.56. The Morgan fingerprint density at radius 3 is 2.76 bits per heavy atom. The third kappa shape index (κ3) is 4.44. The van der Waals surface area contributed by atoms with Crippen molar-refractivity contribution in [1.82, 2.24) is 5.32 Å². The fraction of sp³-hybridized carbons (Fsp3) is 0.462. The summed E-state index contributed by atoms with van der Waals surface area (Å²) in [5.74, 6) is 0. The number of urea groups is 1. The maximum absolute atomic E-state index is 11.7. The van der Waals surface area contributed by atoms with Crippen molar-refractivity contribution in [1.29, 1.82) is 0 Å². The molecule has 94 valence electrons. The quantitative estimate of drug-likeness (QED) is 0.826. The van der Waals surface area contributed by atoms with E-state index in [2.05, 4.69) is 10.6 Å². The summed E-state index contributed by atoms with van der Waals surface area (Å²) < 4.78 is 5.08. The van der Waals surface area contributed by atoms with Gasteiger partial charge >= 0.3 is 6.03 Å². The number of benzene rings is 1. The molecular weight excluding hydrogens is 216 g/mol. The summed E-state index contributed by atoms with van der Waals surface area (Å²) in [6.07, 6.45) is 0.910. The van der Waals surface area contributed by atoms with Crippen LogP contribution in [0, 0.1) is 0 Å². The van der Waals surface area contributed by atoms with Gasteiger partial charge in [0, 0.05) is 24.4 Å². The van der Waals surface area contributed by atoms with Crippen molar-refractivity contribution < 1.29 is 9.53 Å². The molecule has 1 atom stereocenters. The maximum atomic E-state index is 11.7. The number of anilines is 1. The minimum atomic E-state index is -0.178. The van der Waals surface area contributed by atoms with E-state index in [0.717, 1.165) is 17.7 Å². The summed E-state index contributed by atoms with van der Waals surface area (Å²) in [7, 11) is 1.63. The largest absolute Gasteiger partial charge is 0.380 e. The number of carbonyl (C=O) groups is 1. The molecule has 2 N–H and O–H groups in total. The number of rotatable bonds is 5. The maximum Gasteiger partial charge on any atom is 0.319 e. The lowest BCUT2D eigenvalue weighted by Crippen LogP contribution is -2.35. The minimum Gasteiger partial charge on any atom is -0.380 e. The first-order valence-electron chi connectivity index (χ1n) is 5.81. The van der Waals surface area contributed by atoms with Crippen LogP contribution in [0.1, 0.15) is 25.8 Å². The number of amides is 2. The van der Waals surface area contributed by atoms with Crippen LogP contribution in [0.2, 0.25) is 0 Å². The van der Waals surface area contributed by atoms with Gasteiger partial charge in [0.25, 0.3) is 0 Å². The van der Waals surface area contributed by atoms with Gasteiger partial charge in [0.2, 0.25) is 0 Å². The second-order valence-electron chi connectivity index (χ2n) is 4.00. The van der Waals surface area contributed by atoms with Gasteiger partial charge in [-0.25, -0.2) is 4.79 Å². The Bertz CT molecular complexity index is 366. The summed E-state index contributed by atoms with van der Waals surface area (Å²) in [4.78, 5) is 11.7. The van der Waals surface area contributed by atoms with Crippen molar-refractivity contribution in [3.63, 3.8) is 0 Å². The van der Waals surface area contributed by atoms with Gasteiger partial charge in [0.15, 0.2) is 0 Å². The molecule has 0 spiro atoms. The van der Waals surface area contributed by atoms with E-state index in [9.17, 15) is 4.79 Å². The van der Waals surface area contributed by atoms with E-state index >= 15 is 0 Å². The van der Waals surface area contributed by atoms with E-state index in [1.54, 1.807) is 7.11 Å². The van der Waals surface area contributed by atoms with Crippen LogP contribution < -0.4 is 10.6 Å². The van der Waals surface area contributed by atoms with E-state index in [4.69, 9.17) is 4.74 Å². The van der Waals surface area contributed by atoms with Crippen LogP contribution >= 0.6 is 0 Å². The zero-order valence-corrected chi connectivity index (χ0v) is 10.6. The highest BCUT2D eigenvalue weighted by Crippen LogP contribution is 2.15. The first-order chi connectivity index (χ1) is 8.17. The molecule has 1 rings (SSSR count). The summed E-state index contributed by atoms with van der Waals surface area (Å²) in [6.45, 7) is 4.49. The molecule has 0 heterocycles. The average Bonchev–Trinajstić information content (AvgIpc) is 2.31. The zero-order valence-electron chi connectivity index (χ0n) is 10.6. The molecule has 0 fully saturated rings. The molecule has 1 aromatic rings. The molecule has 0 aliphatic rings. The monoisotopic (exact) mass is 236 g/mol. The highest BCUT2D eigenvalue weighted by Gasteiger charge is 2.07. The van der Waals surface area contributed by atoms with Gasteiger partial charge < -0.3 is 15.4 Å². The molecular formula is C13H20N2O2. The van der Waals surface area contributed by atoms with Crippen LogP contribution in [0.15, 0.2) is 24.3 Å². The Morgan fingerprint density at radius 1 is 1.41 bits per heavy atom. The molecule has 2 amide bonds. The van der Waals surface area contributed by atoms with Crippen molar-refractivity contribution in [2.24, 2.45) is 0 Å². The van der Waals surface area contributed by atoms with Gasteiger partial charge in [-0.2, -0.15) is 0 Å². The fourth-order valence-corrected chi connectivity index (χ4v) is 1.41. The average molecular weight is 236 g/mol. The number of nitrogens with one attached hydrogen (secondary N) is 2. The molecule has 0 bridgehead atoms. The van der Waals surface area contributed by atoms with Crippen molar-refractivity contribution in [3.8, 4) is 0 Å². The summed E-state index contributed by atoms with van der Waals surface area (Å²) in [6, 6.07) is 7.60. The lowest BCUT2D eigenvalue weighted by Gasteiger charge is -2.14. The molecule has 0 aliphatic heterocycles. The van der Waals surface area contributed by atoms with Crippen LogP contribution in [0.25, 0.3) is 0 Å². The number of methoxy groups -OCH3 is 1. The first kappa shape index (κ1) is 13.5. The highest BCUT2D eigenvalue weighted by molar-refractivity contribution is 5.90. The van der Waals surface area contributed by atoms with Crippen LogP contribution in [-0.2, 0) is 11.3 Å². The fourth-order valence-electron chi connectivity index (χ4n) is 1.41. The number of ether oxygens (including phenoxy) is 1. The standard InChI is InChI=1S/C13H20N2O2/c1-4-10(2)14-13(16)15-12-8-6-5-7-11(12)9-17-3/h5-8,10H,4,9H2,1-3H3,(H2,14,15,16)/t10-/m1/s1. The number of hydrogen-bond donors (Lipinski definition) is 2. The summed E-state index contributed by atoms with van der Waals surface area (Å²) in [5, 5.41) is 5.69. The lowest BCUT2D eigenvalue weighted by molar-refractivity contribution is 0.185. The van der Waals surface area contributed by atoms with Crippen LogP contribution in [-0.4, -0.2) is 19.2 Å². The predicted octanol–water partition coefficient (Wildman–Crippen LogP) is 2.75. The minimum absolute atomic E-state index is 0.171. The summed E-state index contributed by atoms with van der Waals surface area (Å²) in [5.41, 5.74) is 1.75. The molecule has 0 aliphatic carbocycles. The van der Waals surface area contributed by atoms with E-state index in [1.807, 2.05) is 38.1 Å². The van der Waals surface area contributed by atoms with Gasteiger partial charge in [-0.05, 0) is 19.4 Å². The number of carbonyl (C=O) groups excluding carboxylic acids is 1. The van der Waals surface area contributed by atoms with Crippen LogP contribution in [0.5, 0.6) is 0 Å². The van der Waals surface area contributed by atoms with Crippen molar-refractivity contribution in [2.45, 2.75) is 32.9 Å². The molecule has 4 heteroatoms. The molecule has 4 nitrogen and oxygen atoms in total. The summed E-state index contributed by atoms with van der Waals surface area (Å²) >= 11 is 0. The van der Waals surface area contributed by atoms with Gasteiger partial charge in [-0.15, -0.1) is 0 Å². The molecule has 0 radical (unpaired) electrons. The molecule has 0 saturated carbocycles. The van der Waals surface area contributed by atoms with E-state index < -0.39 is 0 Å². The Morgan fingerprint density at radius 2 is 2.12 bits per heavy atom. The van der Waals surface area contributed by atoms with E-state index in [1.165, 1.54) is 0 Å². The molecule has 0 aromatic heterocycles. The van der Waals surface area contributed by atoms with Crippen LogP contribution in [0.4, 0.5) is 10.5 Å². The second kappa shape index (κ2) is 6.91. The Hall–Kier alpha value is -1.55. The second-order valence-corrected chi connectivity index (χ2v) is 4.00. The normalized spacial score (nSPS) is 11.9. The Balaban J connectivity index is 2.64. The van der Waals surface area contributed by atoms with Crippen molar-refractivity contribution in [3.05, 3.63) is 29.8 Å². The molecule has 17 heavy (non-hydrogen) atoms. The predicted molar refractivity (Wildman–Crippen MR) is 69.1 cm³/mol. The smallest absolute Gasteiger partial charge is 0.319 e. The zero-order chi connectivity index (χ0) is 12.7. The molecule has 1 aromatic carbocycles. The first-order valence-corrected chi connectivity index (χ1v) is 5.81. The third-order valence-electron chi connectivity index (χ3n) is 2.56. The molecule has 0 unspecified atom stereocenters. The topological polar surface area (TPSA) is 50.4 Å². The highest BCUT2D eigenvalue weighted by atomic mass is 16.5. The van der Waals surface area contributed by atoms with Gasteiger partial charge in [-0.3, -0.25) is 0 Å². The van der Waals surface area contributed by atoms with Gasteiger partial charge in [-0.1, -0.05) is 25.1 Å². The Labute approximate surface area is 102 Å². The van der Waals surface area contributed by atoms with Gasteiger partial charge in [0.1, 0.15) is 0 Å². The van der Waals surface area contributed by atoms with Crippen molar-refractivity contribution >= 4 is 11.7 Å². The van der Waals surface area contributed by atoms with E-state index in [0.29, 0.717) is 6.61 Å². The Kier molecular flexibility index (Phi) is 5.49. The van der Waals surface area contributed by atoms with Crippen LogP contribution in [0.3, 0.4) is 0 Å². The lowest BCUT2D eigenvalue weighted by atomic mass is 10.2. The van der Waals surface area contributed by atoms with Gasteiger partial charge in [0.05, 0.1) is 6.61 Å². The van der Waals surface area contributed by atoms with Crippen molar-refractivity contribution in [2.75, 3.05) is 12.4 Å². The van der Waals surface area contributed by atoms with E-state index in [-0.39, 0.29) is 12.1 Å². The number of para-hydroxylation sites is 1. The SMILES string of the molecule is CC[C@@H](C)NC(=O)Nc1ccccc1COC. The molecule has 0 saturated heterocycles. The number of hydrogen-bond acceptors (Lipinski definition) is 2.